The van der Waals surface area contributed by atoms with Crippen LogP contribution in [0.4, 0.5) is 0 Å². The molecule has 1 fully saturated rings. The molecule has 1 aliphatic rings. The van der Waals surface area contributed by atoms with E-state index in [4.69, 9.17) is 10.5 Å². The highest BCUT2D eigenvalue weighted by atomic mass is 32.2. The Kier molecular flexibility index (Phi) is 19.5. The molecule has 0 spiro atoms. The van der Waals surface area contributed by atoms with E-state index in [1.165, 1.54) is 0 Å². The van der Waals surface area contributed by atoms with Gasteiger partial charge in [0.05, 0.1) is 30.0 Å². The number of benzene rings is 1. The van der Waals surface area contributed by atoms with Crippen LogP contribution in [0.1, 0.15) is 85.6 Å². The second kappa shape index (κ2) is 22.4. The summed E-state index contributed by atoms with van der Waals surface area (Å²) in [5.74, 6) is 0.284. The van der Waals surface area contributed by atoms with E-state index in [0.717, 1.165) is 37.0 Å². The molecule has 0 saturated carbocycles. The topological polar surface area (TPSA) is 137 Å². The van der Waals surface area contributed by atoms with Crippen LogP contribution >= 0.6 is 11.8 Å². The molecule has 1 aromatic carbocycles. The van der Waals surface area contributed by atoms with Crippen LogP contribution in [0, 0.1) is 17.8 Å². The van der Waals surface area contributed by atoms with Crippen molar-refractivity contribution in [3.63, 3.8) is 0 Å². The summed E-state index contributed by atoms with van der Waals surface area (Å²) in [4.78, 5) is 60.1. The molecule has 1 aliphatic heterocycles. The summed E-state index contributed by atoms with van der Waals surface area (Å²) in [5, 5.41) is 6.17. The van der Waals surface area contributed by atoms with E-state index in [0.29, 0.717) is 25.9 Å². The second-order valence-electron chi connectivity index (χ2n) is 15.0. The third-order valence-corrected chi connectivity index (χ3v) is 11.4. The third kappa shape index (κ3) is 13.7. The number of ether oxygens (including phenoxy) is 1. The molecule has 7 atom stereocenters. The number of carbonyl (C=O) groups excluding carboxylic acids is 4. The van der Waals surface area contributed by atoms with Gasteiger partial charge in [-0.1, -0.05) is 78.3 Å². The van der Waals surface area contributed by atoms with Gasteiger partial charge in [-0.05, 0) is 56.7 Å². The van der Waals surface area contributed by atoms with Crippen molar-refractivity contribution in [2.24, 2.45) is 23.5 Å². The van der Waals surface area contributed by atoms with Crippen LogP contribution in [0.2, 0.25) is 0 Å². The lowest BCUT2D eigenvalue weighted by Gasteiger charge is -2.40. The summed E-state index contributed by atoms with van der Waals surface area (Å²) >= 11 is 1.65. The Hall–Kier alpha value is -2.67. The van der Waals surface area contributed by atoms with Gasteiger partial charge in [0.25, 0.3) is 0 Å². The minimum absolute atomic E-state index is 0.0245. The van der Waals surface area contributed by atoms with Crippen molar-refractivity contribution in [3.05, 3.63) is 35.9 Å². The summed E-state index contributed by atoms with van der Waals surface area (Å²) in [6, 6.07) is 8.59. The van der Waals surface area contributed by atoms with Crippen molar-refractivity contribution in [2.75, 3.05) is 47.1 Å². The number of likely N-dealkylation sites (N-methyl/N-ethyl adjacent to an activating group) is 2. The van der Waals surface area contributed by atoms with Gasteiger partial charge in [0, 0.05) is 51.9 Å². The zero-order valence-corrected chi connectivity index (χ0v) is 33.8. The second-order valence-corrected chi connectivity index (χ2v) is 16.3. The van der Waals surface area contributed by atoms with E-state index >= 15 is 0 Å². The molecular formula is C39H68N6O5S. The summed E-state index contributed by atoms with van der Waals surface area (Å²) < 4.78 is 6.01. The number of methoxy groups -OCH3 is 1. The number of carbonyl (C=O) groups is 4. The first-order chi connectivity index (χ1) is 24.2. The molecule has 0 radical (unpaired) electrons. The van der Waals surface area contributed by atoms with Gasteiger partial charge in [0.2, 0.25) is 23.6 Å². The average molecular weight is 733 g/mol. The molecule has 11 nitrogen and oxygen atoms in total. The van der Waals surface area contributed by atoms with Gasteiger partial charge in [0.1, 0.15) is 6.04 Å². The first-order valence-corrected chi connectivity index (χ1v) is 19.9. The molecule has 1 aromatic rings. The van der Waals surface area contributed by atoms with Gasteiger partial charge in [0.15, 0.2) is 0 Å². The van der Waals surface area contributed by atoms with E-state index < -0.39 is 12.1 Å². The van der Waals surface area contributed by atoms with Gasteiger partial charge >= 0.3 is 0 Å². The molecule has 0 aromatic heterocycles. The lowest BCUT2D eigenvalue weighted by Crippen LogP contribution is -2.59. The van der Waals surface area contributed by atoms with Gasteiger partial charge in [-0.15, -0.1) is 11.8 Å². The molecule has 1 heterocycles. The molecule has 4 amide bonds. The molecule has 0 aliphatic carbocycles. The number of thioether (sulfide) groups is 1. The highest BCUT2D eigenvalue weighted by molar-refractivity contribution is 7.99. The Morgan fingerprint density at radius 2 is 1.69 bits per heavy atom. The van der Waals surface area contributed by atoms with Crippen LogP contribution in [0.25, 0.3) is 0 Å². The number of likely N-dealkylation sites (tertiary alicyclic amines) is 1. The maximum absolute atomic E-state index is 14.1. The molecule has 290 valence electrons. The SMILES string of the molecule is CCC(C)C(C(CC(=O)N1CCCC1CCC(=O)NC(Cc1ccccc1)SCCN)OC)N(C)C(=O)C(NC(=O)C(C(C)C)N(C)C)C(C)C. The minimum Gasteiger partial charge on any atom is -0.379 e. The predicted octanol–water partition coefficient (Wildman–Crippen LogP) is 4.14. The molecular weight excluding hydrogens is 665 g/mol. The Labute approximate surface area is 312 Å². The molecule has 12 heteroatoms. The molecule has 51 heavy (non-hydrogen) atoms. The van der Waals surface area contributed by atoms with Crippen molar-refractivity contribution >= 4 is 35.4 Å². The summed E-state index contributed by atoms with van der Waals surface area (Å²) in [6.45, 7) is 13.2. The number of hydrogen-bond acceptors (Lipinski definition) is 8. The first-order valence-electron chi connectivity index (χ1n) is 18.9. The first kappa shape index (κ1) is 44.5. The largest absolute Gasteiger partial charge is 0.379 e. The number of hydrogen-bond donors (Lipinski definition) is 3. The van der Waals surface area contributed by atoms with E-state index in [9.17, 15) is 19.2 Å². The van der Waals surface area contributed by atoms with Crippen molar-refractivity contribution in [2.45, 2.75) is 122 Å². The van der Waals surface area contributed by atoms with E-state index in [-0.39, 0.29) is 71.3 Å². The van der Waals surface area contributed by atoms with Crippen molar-refractivity contribution in [1.29, 1.82) is 0 Å². The van der Waals surface area contributed by atoms with Crippen LogP contribution in [0.15, 0.2) is 30.3 Å². The van der Waals surface area contributed by atoms with Crippen molar-refractivity contribution in [1.82, 2.24) is 25.3 Å². The van der Waals surface area contributed by atoms with Crippen molar-refractivity contribution < 1.29 is 23.9 Å². The number of nitrogens with zero attached hydrogens (tertiary/aromatic N) is 3. The van der Waals surface area contributed by atoms with E-state index in [2.05, 4.69) is 36.6 Å². The smallest absolute Gasteiger partial charge is 0.245 e. The van der Waals surface area contributed by atoms with Crippen LogP contribution < -0.4 is 16.4 Å². The van der Waals surface area contributed by atoms with Gasteiger partial charge < -0.3 is 30.9 Å². The summed E-state index contributed by atoms with van der Waals surface area (Å²) in [6.07, 6.45) is 3.72. The fourth-order valence-electron chi connectivity index (χ4n) is 7.33. The normalized spacial score (nSPS) is 18.3. The van der Waals surface area contributed by atoms with Crippen LogP contribution in [-0.2, 0) is 30.3 Å². The Bertz CT molecular complexity index is 1210. The Morgan fingerprint density at radius 1 is 1.02 bits per heavy atom. The van der Waals surface area contributed by atoms with Crippen molar-refractivity contribution in [3.8, 4) is 0 Å². The maximum atomic E-state index is 14.1. The number of amides is 4. The monoisotopic (exact) mass is 732 g/mol. The zero-order chi connectivity index (χ0) is 38.2. The number of nitrogens with one attached hydrogen (secondary N) is 2. The highest BCUT2D eigenvalue weighted by Crippen LogP contribution is 2.27. The lowest BCUT2D eigenvalue weighted by molar-refractivity contribution is -0.146. The maximum Gasteiger partial charge on any atom is 0.245 e. The lowest BCUT2D eigenvalue weighted by atomic mass is 9.89. The Balaban J connectivity index is 2.13. The van der Waals surface area contributed by atoms with Gasteiger partial charge in [-0.3, -0.25) is 24.1 Å². The molecule has 0 bridgehead atoms. The summed E-state index contributed by atoms with van der Waals surface area (Å²) in [7, 11) is 7.09. The van der Waals surface area contributed by atoms with Gasteiger partial charge in [-0.2, -0.15) is 0 Å². The standard InChI is InChI=1S/C39H68N6O5S/c1-11-28(6)37(44(9)39(49)35(26(2)3)42-38(48)36(27(4)5)43(7)8)31(50-10)25-34(47)45-22-15-18-30(45)19-20-32(46)41-33(51-23-21-40)24-29-16-13-12-14-17-29/h12-14,16-17,26-28,30-31,33,35-37H,11,15,18-25,40H2,1-10H3,(H,41,46)(H,42,48). The average Bonchev–Trinajstić information content (AvgIpc) is 3.56. The van der Waals surface area contributed by atoms with Crippen LogP contribution in [-0.4, -0.2) is 121 Å². The van der Waals surface area contributed by atoms with E-state index in [1.807, 2.05) is 69.8 Å². The number of rotatable bonds is 22. The molecule has 2 rings (SSSR count). The third-order valence-electron chi connectivity index (χ3n) is 10.2. The quantitative estimate of drug-likeness (QED) is 0.152. The summed E-state index contributed by atoms with van der Waals surface area (Å²) in [5.41, 5.74) is 6.92. The van der Waals surface area contributed by atoms with E-state index in [1.54, 1.807) is 30.8 Å². The molecule has 1 saturated heterocycles. The van der Waals surface area contributed by atoms with Crippen LogP contribution in [0.3, 0.4) is 0 Å². The highest BCUT2D eigenvalue weighted by Gasteiger charge is 2.40. The zero-order valence-electron chi connectivity index (χ0n) is 33.0. The predicted molar refractivity (Wildman–Crippen MR) is 208 cm³/mol. The molecule has 7 unspecified atom stereocenters. The molecule has 4 N–H and O–H groups in total. The Morgan fingerprint density at radius 3 is 2.24 bits per heavy atom. The number of nitrogens with two attached hydrogens (primary N) is 1. The fourth-order valence-corrected chi connectivity index (χ4v) is 8.27. The van der Waals surface area contributed by atoms with Gasteiger partial charge in [-0.25, -0.2) is 0 Å². The van der Waals surface area contributed by atoms with Crippen LogP contribution in [0.5, 0.6) is 0 Å². The fraction of sp³-hybridized carbons (Fsp3) is 0.744. The minimum atomic E-state index is -0.724.